The number of nitrogens with two attached hydrogens (primary N) is 1. The molecule has 9 heteroatoms. The first kappa shape index (κ1) is 20.9. The van der Waals surface area contributed by atoms with Gasteiger partial charge in [0.15, 0.2) is 0 Å². The van der Waals surface area contributed by atoms with Gasteiger partial charge in [0.05, 0.1) is 5.69 Å². The Labute approximate surface area is 169 Å². The van der Waals surface area contributed by atoms with Gasteiger partial charge in [0, 0.05) is 23.8 Å². The van der Waals surface area contributed by atoms with Gasteiger partial charge in [-0.25, -0.2) is 4.98 Å². The number of rotatable bonds is 6. The molecule has 1 aliphatic rings. The number of hydrogen-bond donors (Lipinski definition) is 2. The van der Waals surface area contributed by atoms with E-state index in [0.717, 1.165) is 31.5 Å². The summed E-state index contributed by atoms with van der Waals surface area (Å²) in [6, 6.07) is 5.22. The number of nitrogens with one attached hydrogen (secondary N) is 1. The second-order valence-electron chi connectivity index (χ2n) is 7.38. The third kappa shape index (κ3) is 5.60. The van der Waals surface area contributed by atoms with E-state index in [-0.39, 0.29) is 11.8 Å². The fourth-order valence-corrected chi connectivity index (χ4v) is 3.39. The van der Waals surface area contributed by atoms with Crippen LogP contribution in [0.25, 0.3) is 17.3 Å². The van der Waals surface area contributed by atoms with Crippen LogP contribution in [-0.4, -0.2) is 52.9 Å². The number of piperidine rings is 1. The van der Waals surface area contributed by atoms with Crippen LogP contribution in [0.3, 0.4) is 0 Å². The molecule has 0 bridgehead atoms. The summed E-state index contributed by atoms with van der Waals surface area (Å²) in [5, 5.41) is 11.8. The third-order valence-corrected chi connectivity index (χ3v) is 4.64. The highest BCUT2D eigenvalue weighted by molar-refractivity contribution is 5.75. The van der Waals surface area contributed by atoms with Gasteiger partial charge in [0.2, 0.25) is 5.95 Å². The van der Waals surface area contributed by atoms with Crippen LogP contribution in [-0.2, 0) is 0 Å². The molecule has 2 heterocycles. The van der Waals surface area contributed by atoms with Crippen molar-refractivity contribution in [1.82, 2.24) is 20.1 Å². The maximum Gasteiger partial charge on any atom is 0.387 e. The summed E-state index contributed by atoms with van der Waals surface area (Å²) in [5.41, 5.74) is 8.31. The highest BCUT2D eigenvalue weighted by atomic mass is 19.3. The van der Waals surface area contributed by atoms with E-state index in [2.05, 4.69) is 32.4 Å². The molecule has 29 heavy (non-hydrogen) atoms. The van der Waals surface area contributed by atoms with Gasteiger partial charge in [0.25, 0.3) is 0 Å². The lowest BCUT2D eigenvalue weighted by molar-refractivity contribution is -0.0494. The Balaban J connectivity index is 1.98. The van der Waals surface area contributed by atoms with Crippen molar-refractivity contribution in [2.75, 3.05) is 25.5 Å². The van der Waals surface area contributed by atoms with E-state index in [1.165, 1.54) is 6.07 Å². The van der Waals surface area contributed by atoms with E-state index >= 15 is 0 Å². The zero-order chi connectivity index (χ0) is 21.0. The number of likely N-dealkylation sites (N-methyl/N-ethyl adjacent to an activating group) is 1. The molecule has 156 valence electrons. The van der Waals surface area contributed by atoms with Crippen LogP contribution in [0.2, 0.25) is 0 Å². The molecule has 0 amide bonds. The molecule has 1 atom stereocenters. The number of nitrogens with zero attached hydrogens (tertiary/aromatic N) is 4. The lowest BCUT2D eigenvalue weighted by atomic mass is 10.1. The van der Waals surface area contributed by atoms with Crippen LogP contribution in [0.1, 0.15) is 31.0 Å². The topological polar surface area (TPSA) is 89.2 Å². The maximum atomic E-state index is 12.9. The molecule has 0 spiro atoms. The first-order valence-corrected chi connectivity index (χ1v) is 9.51. The normalized spacial score (nSPS) is 18.1. The monoisotopic (exact) mass is 404 g/mol. The summed E-state index contributed by atoms with van der Waals surface area (Å²) in [5.74, 6) is 0.403. The number of alkyl halides is 2. The van der Waals surface area contributed by atoms with Gasteiger partial charge >= 0.3 is 6.61 Å². The third-order valence-electron chi connectivity index (χ3n) is 4.64. The van der Waals surface area contributed by atoms with Crippen LogP contribution in [0.5, 0.6) is 5.75 Å². The largest absolute Gasteiger partial charge is 0.434 e. The second-order valence-corrected chi connectivity index (χ2v) is 7.38. The highest BCUT2D eigenvalue weighted by Crippen LogP contribution is 2.33. The van der Waals surface area contributed by atoms with Crippen LogP contribution in [0, 0.1) is 6.92 Å². The first-order valence-electron chi connectivity index (χ1n) is 9.51. The summed E-state index contributed by atoms with van der Waals surface area (Å²) < 4.78 is 30.5. The highest BCUT2D eigenvalue weighted by Gasteiger charge is 2.20. The van der Waals surface area contributed by atoms with Gasteiger partial charge in [-0.2, -0.15) is 8.78 Å². The van der Waals surface area contributed by atoms with E-state index in [1.807, 2.05) is 0 Å². The molecule has 0 saturated carbocycles. The number of aromatic nitrogens is 3. The van der Waals surface area contributed by atoms with Crippen molar-refractivity contribution in [2.45, 2.75) is 39.3 Å². The molecule has 1 fully saturated rings. The second kappa shape index (κ2) is 9.13. The van der Waals surface area contributed by atoms with Gasteiger partial charge < -0.3 is 20.7 Å². The molecule has 1 saturated heterocycles. The van der Waals surface area contributed by atoms with Gasteiger partial charge in [-0.1, -0.05) is 6.07 Å². The average Bonchev–Trinajstić information content (AvgIpc) is 2.62. The number of aryl methyl sites for hydroxylation is 1. The smallest absolute Gasteiger partial charge is 0.387 e. The van der Waals surface area contributed by atoms with E-state index in [4.69, 9.17) is 10.5 Å². The lowest BCUT2D eigenvalue weighted by Gasteiger charge is -2.30. The Kier molecular flexibility index (Phi) is 6.58. The van der Waals surface area contributed by atoms with Gasteiger partial charge in [0.1, 0.15) is 11.4 Å². The van der Waals surface area contributed by atoms with E-state index in [9.17, 15) is 8.78 Å². The number of likely N-dealkylation sites (tertiary alicyclic amines) is 1. The summed E-state index contributed by atoms with van der Waals surface area (Å²) in [6.45, 7) is 2.52. The van der Waals surface area contributed by atoms with Crippen LogP contribution < -0.4 is 15.8 Å². The predicted molar refractivity (Wildman–Crippen MR) is 109 cm³/mol. The quantitative estimate of drug-likeness (QED) is 0.764. The molecule has 1 aromatic carbocycles. The predicted octanol–water partition coefficient (Wildman–Crippen LogP) is 3.27. The van der Waals surface area contributed by atoms with Crippen molar-refractivity contribution < 1.29 is 13.5 Å². The van der Waals surface area contributed by atoms with E-state index in [1.54, 1.807) is 32.1 Å². The average molecular weight is 404 g/mol. The molecular weight excluding hydrogens is 378 g/mol. The SMILES string of the molecule is CC(N)=Cc1nc(NC2CCCN(C)C2)nnc1-c1ccc(C)cc1OC(F)F. The van der Waals surface area contributed by atoms with Crippen LogP contribution in [0.4, 0.5) is 14.7 Å². The minimum absolute atomic E-state index is 0.0232. The van der Waals surface area contributed by atoms with Crippen molar-refractivity contribution in [3.05, 3.63) is 35.2 Å². The molecule has 3 N–H and O–H groups in total. The first-order chi connectivity index (χ1) is 13.8. The number of allylic oxidation sites excluding steroid dienone is 1. The molecular formula is C20H26F2N6O. The number of hydrogen-bond acceptors (Lipinski definition) is 7. The Morgan fingerprint density at radius 2 is 2.17 bits per heavy atom. The van der Waals surface area contributed by atoms with Crippen molar-refractivity contribution in [3.63, 3.8) is 0 Å². The summed E-state index contributed by atoms with van der Waals surface area (Å²) in [7, 11) is 2.07. The number of ether oxygens (including phenoxy) is 1. The number of anilines is 1. The van der Waals surface area contributed by atoms with Gasteiger partial charge in [-0.15, -0.1) is 10.2 Å². The minimum atomic E-state index is -2.95. The lowest BCUT2D eigenvalue weighted by Crippen LogP contribution is -2.40. The van der Waals surface area contributed by atoms with Crippen molar-refractivity contribution in [1.29, 1.82) is 0 Å². The standard InChI is InChI=1S/C20H26F2N6O/c1-12-6-7-15(17(9-12)29-19(21)22)18-16(10-13(2)23)25-20(27-26-18)24-14-5-4-8-28(3)11-14/h6-7,9-10,14,19H,4-5,8,11,23H2,1-3H3,(H,24,25,27). The summed E-state index contributed by atoms with van der Waals surface area (Å²) in [4.78, 5) is 6.79. The van der Waals surface area contributed by atoms with Crippen LogP contribution in [0.15, 0.2) is 23.9 Å². The molecule has 3 rings (SSSR count). The Morgan fingerprint density at radius 3 is 2.86 bits per heavy atom. The van der Waals surface area contributed by atoms with Crippen molar-refractivity contribution in [2.24, 2.45) is 5.73 Å². The zero-order valence-electron chi connectivity index (χ0n) is 16.8. The van der Waals surface area contributed by atoms with Gasteiger partial charge in [-0.05, 0) is 64.1 Å². The fraction of sp³-hybridized carbons (Fsp3) is 0.450. The molecule has 1 unspecified atom stereocenters. The molecule has 7 nitrogen and oxygen atoms in total. The van der Waals surface area contributed by atoms with E-state index < -0.39 is 6.61 Å². The number of halogens is 2. The number of benzene rings is 1. The fourth-order valence-electron chi connectivity index (χ4n) is 3.39. The Morgan fingerprint density at radius 1 is 1.38 bits per heavy atom. The molecule has 0 radical (unpaired) electrons. The summed E-state index contributed by atoms with van der Waals surface area (Å²) >= 11 is 0. The maximum absolute atomic E-state index is 12.9. The molecule has 1 aliphatic heterocycles. The van der Waals surface area contributed by atoms with Crippen molar-refractivity contribution in [3.8, 4) is 17.0 Å². The van der Waals surface area contributed by atoms with Gasteiger partial charge in [-0.3, -0.25) is 0 Å². The summed E-state index contributed by atoms with van der Waals surface area (Å²) in [6.07, 6.45) is 3.75. The van der Waals surface area contributed by atoms with Crippen molar-refractivity contribution >= 4 is 12.0 Å². The molecule has 1 aromatic heterocycles. The zero-order valence-corrected chi connectivity index (χ0v) is 16.8. The Bertz CT molecular complexity index is 885. The van der Waals surface area contributed by atoms with E-state index in [0.29, 0.717) is 28.6 Å². The molecule has 2 aromatic rings. The minimum Gasteiger partial charge on any atom is -0.434 e. The van der Waals surface area contributed by atoms with Crippen LogP contribution >= 0.6 is 0 Å². The Hall–Kier alpha value is -2.81. The molecule has 0 aliphatic carbocycles.